The van der Waals surface area contributed by atoms with E-state index in [0.717, 1.165) is 11.4 Å². The highest BCUT2D eigenvalue weighted by Gasteiger charge is 2.14. The van der Waals surface area contributed by atoms with Gasteiger partial charge in [0.05, 0.1) is 17.4 Å². The van der Waals surface area contributed by atoms with E-state index in [1.165, 1.54) is 6.20 Å². The molecule has 0 aliphatic rings. The number of nitrogens with one attached hydrogen (secondary N) is 1. The summed E-state index contributed by atoms with van der Waals surface area (Å²) in [6.07, 6.45) is 5.56. The van der Waals surface area contributed by atoms with Crippen LogP contribution in [0.4, 0.5) is 0 Å². The molecule has 0 saturated heterocycles. The van der Waals surface area contributed by atoms with Crippen LogP contribution in [0, 0.1) is 5.92 Å². The fourth-order valence-electron chi connectivity index (χ4n) is 2.52. The van der Waals surface area contributed by atoms with Gasteiger partial charge in [-0.1, -0.05) is 24.3 Å². The van der Waals surface area contributed by atoms with Crippen LogP contribution in [0.5, 0.6) is 0 Å². The molecule has 0 aliphatic carbocycles. The summed E-state index contributed by atoms with van der Waals surface area (Å²) in [5.74, 6) is -0.287. The molecule has 0 radical (unpaired) electrons. The Bertz CT molecular complexity index is 803. The van der Waals surface area contributed by atoms with Gasteiger partial charge in [-0.25, -0.2) is 4.68 Å². The molecule has 2 aromatic heterocycles. The van der Waals surface area contributed by atoms with Gasteiger partial charge in [0.15, 0.2) is 0 Å². The molecule has 3 rings (SSSR count). The van der Waals surface area contributed by atoms with Gasteiger partial charge in [0.25, 0.3) is 5.91 Å². The summed E-state index contributed by atoms with van der Waals surface area (Å²) >= 11 is 0. The zero-order valence-corrected chi connectivity index (χ0v) is 13.7. The van der Waals surface area contributed by atoms with Gasteiger partial charge >= 0.3 is 0 Å². The van der Waals surface area contributed by atoms with Crippen LogP contribution in [0.15, 0.2) is 67.1 Å². The van der Waals surface area contributed by atoms with Crippen LogP contribution in [-0.2, 0) is 6.42 Å². The van der Waals surface area contributed by atoms with Crippen molar-refractivity contribution in [2.75, 3.05) is 13.2 Å². The van der Waals surface area contributed by atoms with Gasteiger partial charge in [-0.15, -0.1) is 0 Å². The smallest absolute Gasteiger partial charge is 0.254 e. The summed E-state index contributed by atoms with van der Waals surface area (Å²) in [6, 6.07) is 15.3. The van der Waals surface area contributed by atoms with Crippen molar-refractivity contribution >= 4 is 5.91 Å². The van der Waals surface area contributed by atoms with Gasteiger partial charge in [-0.3, -0.25) is 9.78 Å². The lowest BCUT2D eigenvalue weighted by molar-refractivity contribution is 0.0940. The molecule has 0 saturated carbocycles. The predicted octanol–water partition coefficient (Wildman–Crippen LogP) is 1.85. The minimum atomic E-state index is -0.207. The Morgan fingerprint density at radius 1 is 1.16 bits per heavy atom. The summed E-state index contributed by atoms with van der Waals surface area (Å²) in [6.45, 7) is 0.364. The molecular formula is C19H20N4O2. The lowest BCUT2D eigenvalue weighted by atomic mass is 10.0. The number of aliphatic hydroxyl groups excluding tert-OH is 1. The van der Waals surface area contributed by atoms with Crippen LogP contribution in [0.3, 0.4) is 0 Å². The number of hydrogen-bond acceptors (Lipinski definition) is 4. The minimum Gasteiger partial charge on any atom is -0.396 e. The lowest BCUT2D eigenvalue weighted by Gasteiger charge is -2.14. The third-order valence-corrected chi connectivity index (χ3v) is 3.90. The maximum atomic E-state index is 12.3. The third-order valence-electron chi connectivity index (χ3n) is 3.90. The van der Waals surface area contributed by atoms with E-state index in [-0.39, 0.29) is 18.4 Å². The van der Waals surface area contributed by atoms with Gasteiger partial charge in [-0.05, 0) is 30.7 Å². The summed E-state index contributed by atoms with van der Waals surface area (Å²) in [7, 11) is 0. The number of aliphatic hydroxyl groups is 1. The average Bonchev–Trinajstić information content (AvgIpc) is 3.17. The zero-order chi connectivity index (χ0) is 17.5. The molecule has 25 heavy (non-hydrogen) atoms. The van der Waals surface area contributed by atoms with Crippen molar-refractivity contribution in [3.05, 3.63) is 78.4 Å². The van der Waals surface area contributed by atoms with E-state index < -0.39 is 0 Å². The normalized spacial score (nSPS) is 11.9. The molecule has 0 aliphatic heterocycles. The molecule has 6 nitrogen and oxygen atoms in total. The second-order valence-electron chi connectivity index (χ2n) is 5.79. The number of pyridine rings is 1. The first-order valence-corrected chi connectivity index (χ1v) is 8.15. The van der Waals surface area contributed by atoms with E-state index in [4.69, 9.17) is 0 Å². The van der Waals surface area contributed by atoms with E-state index in [1.54, 1.807) is 17.1 Å². The zero-order valence-electron chi connectivity index (χ0n) is 13.7. The number of carbonyl (C=O) groups excluding carboxylic acids is 1. The standard InChI is InChI=1S/C19H20N4O2/c24-14-15(10-17-6-4-5-9-20-17)11-21-19(25)16-12-22-23(13-16)18-7-2-1-3-8-18/h1-9,12-13,15,24H,10-11,14H2,(H,21,25). The van der Waals surface area contributed by atoms with Gasteiger partial charge < -0.3 is 10.4 Å². The molecule has 0 bridgehead atoms. The van der Waals surface area contributed by atoms with E-state index >= 15 is 0 Å². The van der Waals surface area contributed by atoms with Gasteiger partial charge in [0, 0.05) is 37.2 Å². The molecule has 0 fully saturated rings. The number of hydrogen-bond donors (Lipinski definition) is 2. The molecule has 0 spiro atoms. The van der Waals surface area contributed by atoms with Gasteiger partial charge in [0.2, 0.25) is 0 Å². The van der Waals surface area contributed by atoms with Crippen molar-refractivity contribution < 1.29 is 9.90 Å². The molecule has 1 aromatic carbocycles. The summed E-state index contributed by atoms with van der Waals surface area (Å²) < 4.78 is 1.66. The van der Waals surface area contributed by atoms with Crippen LogP contribution in [0.2, 0.25) is 0 Å². The Labute approximate surface area is 146 Å². The first-order valence-electron chi connectivity index (χ1n) is 8.15. The second-order valence-corrected chi connectivity index (χ2v) is 5.79. The Morgan fingerprint density at radius 3 is 2.68 bits per heavy atom. The Hall–Kier alpha value is -2.99. The maximum Gasteiger partial charge on any atom is 0.254 e. The van der Waals surface area contributed by atoms with E-state index in [2.05, 4.69) is 15.4 Å². The SMILES string of the molecule is O=C(NCC(CO)Cc1ccccn1)c1cnn(-c2ccccc2)c1. The molecule has 128 valence electrons. The quantitative estimate of drug-likeness (QED) is 0.690. The Balaban J connectivity index is 1.57. The van der Waals surface area contributed by atoms with E-state index in [1.807, 2.05) is 48.5 Å². The predicted molar refractivity (Wildman–Crippen MR) is 94.4 cm³/mol. The van der Waals surface area contributed by atoms with Crippen molar-refractivity contribution in [2.45, 2.75) is 6.42 Å². The topological polar surface area (TPSA) is 80.0 Å². The molecule has 3 aromatic rings. The highest BCUT2D eigenvalue weighted by molar-refractivity contribution is 5.93. The third kappa shape index (κ3) is 4.51. The highest BCUT2D eigenvalue weighted by atomic mass is 16.3. The molecular weight excluding hydrogens is 316 g/mol. The number of amides is 1. The molecule has 6 heteroatoms. The first-order chi connectivity index (χ1) is 12.3. The second kappa shape index (κ2) is 8.21. The number of aromatic nitrogens is 3. The van der Waals surface area contributed by atoms with Crippen molar-refractivity contribution in [1.82, 2.24) is 20.1 Å². The largest absolute Gasteiger partial charge is 0.396 e. The minimum absolute atomic E-state index is 0.0138. The van der Waals surface area contributed by atoms with E-state index in [0.29, 0.717) is 18.5 Å². The monoisotopic (exact) mass is 336 g/mol. The van der Waals surface area contributed by atoms with Gasteiger partial charge in [-0.2, -0.15) is 5.10 Å². The highest BCUT2D eigenvalue weighted by Crippen LogP contribution is 2.09. The molecule has 2 N–H and O–H groups in total. The van der Waals surface area contributed by atoms with Crippen LogP contribution < -0.4 is 5.32 Å². The molecule has 2 heterocycles. The van der Waals surface area contributed by atoms with Crippen LogP contribution >= 0.6 is 0 Å². The molecule has 1 atom stereocenters. The Morgan fingerprint density at radius 2 is 1.96 bits per heavy atom. The van der Waals surface area contributed by atoms with Crippen molar-refractivity contribution in [1.29, 1.82) is 0 Å². The fraction of sp³-hybridized carbons (Fsp3) is 0.211. The van der Waals surface area contributed by atoms with Crippen molar-refractivity contribution in [2.24, 2.45) is 5.92 Å². The van der Waals surface area contributed by atoms with Crippen LogP contribution in [0.25, 0.3) is 5.69 Å². The number of rotatable bonds is 7. The fourth-order valence-corrected chi connectivity index (χ4v) is 2.52. The molecule has 1 unspecified atom stereocenters. The number of benzene rings is 1. The Kier molecular flexibility index (Phi) is 5.53. The summed E-state index contributed by atoms with van der Waals surface area (Å²) in [5, 5.41) is 16.6. The average molecular weight is 336 g/mol. The summed E-state index contributed by atoms with van der Waals surface area (Å²) in [4.78, 5) is 16.6. The number of carbonyl (C=O) groups is 1. The van der Waals surface area contributed by atoms with Crippen molar-refractivity contribution in [3.8, 4) is 5.69 Å². The maximum absolute atomic E-state index is 12.3. The van der Waals surface area contributed by atoms with E-state index in [9.17, 15) is 9.90 Å². The van der Waals surface area contributed by atoms with Crippen LogP contribution in [-0.4, -0.2) is 38.9 Å². The van der Waals surface area contributed by atoms with Crippen molar-refractivity contribution in [3.63, 3.8) is 0 Å². The summed E-state index contributed by atoms with van der Waals surface area (Å²) in [5.41, 5.74) is 2.27. The van der Waals surface area contributed by atoms with Crippen LogP contribution in [0.1, 0.15) is 16.1 Å². The molecule has 1 amide bonds. The number of para-hydroxylation sites is 1. The van der Waals surface area contributed by atoms with Gasteiger partial charge in [0.1, 0.15) is 0 Å². The number of nitrogens with zero attached hydrogens (tertiary/aromatic N) is 3. The lowest BCUT2D eigenvalue weighted by Crippen LogP contribution is -2.31. The first kappa shape index (κ1) is 16.9.